The second-order valence-electron chi connectivity index (χ2n) is 9.07. The zero-order valence-corrected chi connectivity index (χ0v) is 20.1. The van der Waals surface area contributed by atoms with Gasteiger partial charge in [-0.3, -0.25) is 9.78 Å². The Morgan fingerprint density at radius 2 is 2.00 bits per heavy atom. The maximum atomic E-state index is 13.4. The number of aromatic nitrogens is 3. The molecule has 0 aliphatic carbocycles. The molecule has 1 saturated heterocycles. The quantitative estimate of drug-likeness (QED) is 0.458. The molecule has 7 nitrogen and oxygen atoms in total. The van der Waals surface area contributed by atoms with E-state index in [4.69, 9.17) is 4.74 Å². The SMILES string of the molecule is Cc1cc(Nc2cccc(C(=O)N3CCOCC(Cc4ccc5ncccc5c4)C3)c2)nc(C)n1. The fraction of sp³-hybridized carbons (Fsp3) is 0.286. The van der Waals surface area contributed by atoms with Crippen molar-refractivity contribution in [1.82, 2.24) is 19.9 Å². The minimum absolute atomic E-state index is 0.0157. The van der Waals surface area contributed by atoms with Crippen LogP contribution >= 0.6 is 0 Å². The van der Waals surface area contributed by atoms with Gasteiger partial charge in [-0.25, -0.2) is 9.97 Å². The van der Waals surface area contributed by atoms with Crippen LogP contribution in [0.25, 0.3) is 10.9 Å². The molecular weight excluding hydrogens is 438 g/mol. The van der Waals surface area contributed by atoms with Crippen molar-refractivity contribution in [2.75, 3.05) is 31.6 Å². The summed E-state index contributed by atoms with van der Waals surface area (Å²) in [7, 11) is 0. The number of hydrogen-bond donors (Lipinski definition) is 1. The molecule has 5 rings (SSSR count). The van der Waals surface area contributed by atoms with Gasteiger partial charge in [0.2, 0.25) is 0 Å². The first-order chi connectivity index (χ1) is 17.0. The third-order valence-corrected chi connectivity index (χ3v) is 6.16. The van der Waals surface area contributed by atoms with Gasteiger partial charge >= 0.3 is 0 Å². The molecule has 7 heteroatoms. The first-order valence-electron chi connectivity index (χ1n) is 11.9. The summed E-state index contributed by atoms with van der Waals surface area (Å²) in [6.07, 6.45) is 2.66. The molecule has 1 fully saturated rings. The maximum absolute atomic E-state index is 13.4. The smallest absolute Gasteiger partial charge is 0.254 e. The Hall–Kier alpha value is -3.84. The van der Waals surface area contributed by atoms with Crippen LogP contribution in [0.2, 0.25) is 0 Å². The zero-order valence-electron chi connectivity index (χ0n) is 20.1. The van der Waals surface area contributed by atoms with E-state index in [0.29, 0.717) is 43.5 Å². The number of rotatable bonds is 5. The molecule has 2 aromatic heterocycles. The molecule has 1 amide bonds. The summed E-state index contributed by atoms with van der Waals surface area (Å²) in [6, 6.07) is 19.9. The molecule has 178 valence electrons. The Morgan fingerprint density at radius 1 is 1.09 bits per heavy atom. The van der Waals surface area contributed by atoms with Crippen molar-refractivity contribution in [2.24, 2.45) is 5.92 Å². The molecule has 0 spiro atoms. The van der Waals surface area contributed by atoms with E-state index in [2.05, 4.69) is 44.5 Å². The fourth-order valence-electron chi connectivity index (χ4n) is 4.62. The summed E-state index contributed by atoms with van der Waals surface area (Å²) in [5.41, 5.74) is 4.59. The monoisotopic (exact) mass is 467 g/mol. The second kappa shape index (κ2) is 10.2. The number of anilines is 2. The third kappa shape index (κ3) is 5.63. The van der Waals surface area contributed by atoms with Gasteiger partial charge in [0.1, 0.15) is 11.6 Å². The molecule has 3 heterocycles. The van der Waals surface area contributed by atoms with Crippen molar-refractivity contribution < 1.29 is 9.53 Å². The van der Waals surface area contributed by atoms with Crippen LogP contribution in [0.5, 0.6) is 0 Å². The van der Waals surface area contributed by atoms with Gasteiger partial charge in [-0.05, 0) is 62.2 Å². The fourth-order valence-corrected chi connectivity index (χ4v) is 4.62. The number of nitrogens with zero attached hydrogens (tertiary/aromatic N) is 4. The highest BCUT2D eigenvalue weighted by Gasteiger charge is 2.24. The van der Waals surface area contributed by atoms with Gasteiger partial charge in [0.15, 0.2) is 0 Å². The van der Waals surface area contributed by atoms with Crippen LogP contribution in [-0.2, 0) is 11.2 Å². The van der Waals surface area contributed by atoms with E-state index in [1.807, 2.05) is 61.3 Å². The van der Waals surface area contributed by atoms with Crippen LogP contribution in [0.15, 0.2) is 66.9 Å². The molecule has 1 aliphatic rings. The van der Waals surface area contributed by atoms with E-state index in [0.717, 1.165) is 28.7 Å². The molecule has 1 unspecified atom stereocenters. The van der Waals surface area contributed by atoms with E-state index in [-0.39, 0.29) is 11.8 Å². The van der Waals surface area contributed by atoms with Crippen molar-refractivity contribution >= 4 is 28.3 Å². The Labute approximate surface area is 205 Å². The van der Waals surface area contributed by atoms with Crippen LogP contribution in [-0.4, -0.2) is 52.1 Å². The summed E-state index contributed by atoms with van der Waals surface area (Å²) in [4.78, 5) is 28.5. The van der Waals surface area contributed by atoms with Crippen molar-refractivity contribution in [3.8, 4) is 0 Å². The summed E-state index contributed by atoms with van der Waals surface area (Å²) < 4.78 is 5.88. The molecule has 1 aliphatic heterocycles. The Morgan fingerprint density at radius 3 is 2.89 bits per heavy atom. The Bertz CT molecular complexity index is 1340. The Balaban J connectivity index is 1.29. The number of ether oxygens (including phenoxy) is 1. The van der Waals surface area contributed by atoms with Crippen LogP contribution in [0, 0.1) is 19.8 Å². The lowest BCUT2D eigenvalue weighted by atomic mass is 9.98. The van der Waals surface area contributed by atoms with Crippen molar-refractivity contribution in [1.29, 1.82) is 0 Å². The van der Waals surface area contributed by atoms with Gasteiger partial charge in [-0.2, -0.15) is 0 Å². The zero-order chi connectivity index (χ0) is 24.2. The van der Waals surface area contributed by atoms with E-state index in [1.54, 1.807) is 0 Å². The normalized spacial score (nSPS) is 16.2. The number of aryl methyl sites for hydroxylation is 2. The highest BCUT2D eigenvalue weighted by atomic mass is 16.5. The lowest BCUT2D eigenvalue weighted by molar-refractivity contribution is 0.0737. The number of pyridine rings is 1. The molecule has 0 bridgehead atoms. The van der Waals surface area contributed by atoms with E-state index < -0.39 is 0 Å². The maximum Gasteiger partial charge on any atom is 0.254 e. The van der Waals surface area contributed by atoms with Crippen LogP contribution in [0.4, 0.5) is 11.5 Å². The summed E-state index contributed by atoms with van der Waals surface area (Å²) in [5, 5.41) is 4.43. The van der Waals surface area contributed by atoms with Crippen LogP contribution < -0.4 is 5.32 Å². The number of hydrogen-bond acceptors (Lipinski definition) is 6. The minimum Gasteiger partial charge on any atom is -0.379 e. The largest absolute Gasteiger partial charge is 0.379 e. The molecule has 4 aromatic rings. The number of fused-ring (bicyclic) bond motifs is 1. The molecule has 2 aromatic carbocycles. The van der Waals surface area contributed by atoms with Gasteiger partial charge < -0.3 is 15.0 Å². The van der Waals surface area contributed by atoms with Gasteiger partial charge in [-0.15, -0.1) is 0 Å². The molecule has 0 radical (unpaired) electrons. The summed E-state index contributed by atoms with van der Waals surface area (Å²) in [5.74, 6) is 1.66. The van der Waals surface area contributed by atoms with Crippen molar-refractivity contribution in [2.45, 2.75) is 20.3 Å². The number of benzene rings is 2. The van der Waals surface area contributed by atoms with Gasteiger partial charge in [0, 0.05) is 53.6 Å². The first-order valence-corrected chi connectivity index (χ1v) is 11.9. The standard InChI is InChI=1S/C28H29N5O2/c1-19-13-27(31-20(2)30-19)32-25-7-3-5-24(16-25)28(34)33-11-12-35-18-22(17-33)14-21-8-9-26-23(15-21)6-4-10-29-26/h3-10,13,15-16,22H,11-12,14,17-18H2,1-2H3,(H,30,31,32). The molecule has 0 saturated carbocycles. The second-order valence-corrected chi connectivity index (χ2v) is 9.07. The highest BCUT2D eigenvalue weighted by Crippen LogP contribution is 2.21. The van der Waals surface area contributed by atoms with E-state index in [1.165, 1.54) is 5.56 Å². The average Bonchev–Trinajstić information content (AvgIpc) is 3.08. The van der Waals surface area contributed by atoms with E-state index in [9.17, 15) is 4.79 Å². The average molecular weight is 468 g/mol. The van der Waals surface area contributed by atoms with Crippen LogP contribution in [0.1, 0.15) is 27.4 Å². The van der Waals surface area contributed by atoms with Gasteiger partial charge in [-0.1, -0.05) is 18.2 Å². The minimum atomic E-state index is 0.0157. The summed E-state index contributed by atoms with van der Waals surface area (Å²) >= 11 is 0. The lowest BCUT2D eigenvalue weighted by Crippen LogP contribution is -2.36. The highest BCUT2D eigenvalue weighted by molar-refractivity contribution is 5.95. The third-order valence-electron chi connectivity index (χ3n) is 6.16. The van der Waals surface area contributed by atoms with Crippen molar-refractivity contribution in [3.63, 3.8) is 0 Å². The number of amides is 1. The van der Waals surface area contributed by atoms with Gasteiger partial charge in [0.25, 0.3) is 5.91 Å². The molecule has 35 heavy (non-hydrogen) atoms. The molecule has 1 N–H and O–H groups in total. The summed E-state index contributed by atoms with van der Waals surface area (Å²) in [6.45, 7) is 6.23. The Kier molecular flexibility index (Phi) is 6.68. The lowest BCUT2D eigenvalue weighted by Gasteiger charge is -2.24. The predicted molar refractivity (Wildman–Crippen MR) is 137 cm³/mol. The van der Waals surface area contributed by atoms with Gasteiger partial charge in [0.05, 0.1) is 18.7 Å². The van der Waals surface area contributed by atoms with Crippen molar-refractivity contribution in [3.05, 3.63) is 89.5 Å². The van der Waals surface area contributed by atoms with E-state index >= 15 is 0 Å². The topological polar surface area (TPSA) is 80.2 Å². The first kappa shape index (κ1) is 22.9. The number of carbonyl (C=O) groups is 1. The number of carbonyl (C=O) groups excluding carboxylic acids is 1. The molecular formula is C28H29N5O2. The number of nitrogens with one attached hydrogen (secondary N) is 1. The molecule has 1 atom stereocenters. The van der Waals surface area contributed by atoms with Crippen LogP contribution in [0.3, 0.4) is 0 Å². The predicted octanol–water partition coefficient (Wildman–Crippen LogP) is 4.72.